The van der Waals surface area contributed by atoms with E-state index in [9.17, 15) is 26.4 Å². The number of benzene rings is 2. The number of sulfone groups is 1. The van der Waals surface area contributed by atoms with Crippen molar-refractivity contribution in [2.75, 3.05) is 30.3 Å². The predicted octanol–water partition coefficient (Wildman–Crippen LogP) is 4.09. The molecule has 2 aliphatic rings. The Kier molecular flexibility index (Phi) is 7.64. The highest BCUT2D eigenvalue weighted by Gasteiger charge is 2.41. The minimum atomic E-state index is -4.31. The van der Waals surface area contributed by atoms with E-state index in [0.29, 0.717) is 23.4 Å². The van der Waals surface area contributed by atoms with E-state index in [1.54, 1.807) is 31.2 Å². The molecule has 41 heavy (non-hydrogen) atoms. The number of fused-ring (bicyclic) bond motifs is 1. The first-order chi connectivity index (χ1) is 19.1. The molecule has 0 aliphatic carbocycles. The van der Waals surface area contributed by atoms with Crippen molar-refractivity contribution < 1.29 is 35.3 Å². The number of piperidine rings is 1. The van der Waals surface area contributed by atoms with Crippen LogP contribution in [-0.4, -0.2) is 67.0 Å². The molecule has 1 amide bonds. The Morgan fingerprint density at radius 2 is 1.83 bits per heavy atom. The smallest absolute Gasteiger partial charge is 0.338 e. The highest BCUT2D eigenvalue weighted by Crippen LogP contribution is 2.39. The Morgan fingerprint density at radius 3 is 2.46 bits per heavy atom. The molecule has 0 radical (unpaired) electrons. The normalized spacial score (nSPS) is 21.0. The molecule has 1 aromatic heterocycles. The molecule has 220 valence electrons. The highest BCUT2D eigenvalue weighted by atomic mass is 35.5. The predicted molar refractivity (Wildman–Crippen MR) is 141 cm³/mol. The molecule has 2 aromatic carbocycles. The molecule has 3 heterocycles. The summed E-state index contributed by atoms with van der Waals surface area (Å²) in [7, 11) is -4.15. The van der Waals surface area contributed by atoms with Crippen molar-refractivity contribution in [2.45, 2.75) is 48.8 Å². The maximum atomic E-state index is 15.4. The van der Waals surface area contributed by atoms with Crippen LogP contribution in [0.3, 0.4) is 0 Å². The topological polar surface area (TPSA) is 123 Å². The van der Waals surface area contributed by atoms with E-state index in [4.69, 9.17) is 21.9 Å². The zero-order chi connectivity index (χ0) is 29.7. The Labute approximate surface area is 238 Å². The molecule has 15 heteroatoms. The van der Waals surface area contributed by atoms with E-state index < -0.39 is 56.4 Å². The first-order valence-corrected chi connectivity index (χ1v) is 14.7. The van der Waals surface area contributed by atoms with Gasteiger partial charge in [-0.25, -0.2) is 12.8 Å². The number of hydrogen-bond acceptors (Lipinski definition) is 8. The van der Waals surface area contributed by atoms with Gasteiger partial charge in [0.05, 0.1) is 41.0 Å². The van der Waals surface area contributed by atoms with Crippen LogP contribution in [-0.2, 0) is 26.6 Å². The fourth-order valence-corrected chi connectivity index (χ4v) is 6.77. The number of aromatic nitrogens is 2. The molecule has 1 fully saturated rings. The minimum absolute atomic E-state index is 0.0682. The fraction of sp³-hybridized carbons (Fsp3) is 0.423. The molecule has 9 nitrogen and oxygen atoms in total. The summed E-state index contributed by atoms with van der Waals surface area (Å²) in [5, 5.41) is 4.36. The number of nitrogens with two attached hydrogens (primary N) is 1. The van der Waals surface area contributed by atoms with Gasteiger partial charge in [-0.1, -0.05) is 35.8 Å². The summed E-state index contributed by atoms with van der Waals surface area (Å²) >= 11 is 5.97. The molecule has 1 saturated heterocycles. The van der Waals surface area contributed by atoms with Crippen molar-refractivity contribution in [3.05, 3.63) is 58.7 Å². The van der Waals surface area contributed by atoms with Crippen LogP contribution in [0.2, 0.25) is 5.02 Å². The average Bonchev–Trinajstić information content (AvgIpc) is 3.37. The van der Waals surface area contributed by atoms with Gasteiger partial charge in [-0.15, -0.1) is 0 Å². The van der Waals surface area contributed by atoms with Crippen molar-refractivity contribution in [1.29, 1.82) is 0 Å². The van der Waals surface area contributed by atoms with Crippen molar-refractivity contribution in [3.8, 4) is 11.4 Å². The summed E-state index contributed by atoms with van der Waals surface area (Å²) in [6, 6.07) is 7.16. The summed E-state index contributed by atoms with van der Waals surface area (Å²) in [4.78, 5) is 19.7. The van der Waals surface area contributed by atoms with Crippen LogP contribution in [0.25, 0.3) is 11.4 Å². The molecule has 0 spiro atoms. The molecule has 0 unspecified atom stereocenters. The Morgan fingerprint density at radius 1 is 1.17 bits per heavy atom. The van der Waals surface area contributed by atoms with Gasteiger partial charge in [0.2, 0.25) is 17.6 Å². The molecule has 2 N–H and O–H groups in total. The number of amides is 1. The number of likely N-dealkylation sites (tertiary alicyclic amines) is 1. The third-order valence-corrected chi connectivity index (χ3v) is 9.50. The molecule has 2 aliphatic heterocycles. The number of carbonyl (C=O) groups excluding carboxylic acids is 1. The summed E-state index contributed by atoms with van der Waals surface area (Å²) in [6.45, 7) is 1.00. The first-order valence-electron chi connectivity index (χ1n) is 12.7. The summed E-state index contributed by atoms with van der Waals surface area (Å²) in [6.07, 6.45) is -3.71. The second-order valence-electron chi connectivity index (χ2n) is 10.6. The molecule has 1 atom stereocenters. The molecule has 3 aromatic rings. The third-order valence-electron chi connectivity index (χ3n) is 7.46. The Bertz CT molecular complexity index is 1570. The van der Waals surface area contributed by atoms with Crippen molar-refractivity contribution in [3.63, 3.8) is 0 Å². The molecule has 5 rings (SSSR count). The highest BCUT2D eigenvalue weighted by molar-refractivity contribution is 7.91. The van der Waals surface area contributed by atoms with Crippen molar-refractivity contribution in [1.82, 2.24) is 15.0 Å². The second-order valence-corrected chi connectivity index (χ2v) is 13.1. The lowest BCUT2D eigenvalue weighted by molar-refractivity contribution is -0.149. The van der Waals surface area contributed by atoms with Gasteiger partial charge < -0.3 is 15.2 Å². The van der Waals surface area contributed by atoms with Gasteiger partial charge in [0.25, 0.3) is 0 Å². The van der Waals surface area contributed by atoms with E-state index in [1.807, 2.05) is 0 Å². The van der Waals surface area contributed by atoms with Gasteiger partial charge in [-0.3, -0.25) is 9.69 Å². The number of alkyl halides is 3. The van der Waals surface area contributed by atoms with Crippen LogP contribution < -0.4 is 10.6 Å². The van der Waals surface area contributed by atoms with E-state index in [0.717, 1.165) is 6.07 Å². The maximum absolute atomic E-state index is 15.4. The summed E-state index contributed by atoms with van der Waals surface area (Å²) < 4.78 is 85.4. The van der Waals surface area contributed by atoms with Gasteiger partial charge in [0, 0.05) is 10.4 Å². The fourth-order valence-electron chi connectivity index (χ4n) is 5.08. The van der Waals surface area contributed by atoms with E-state index in [2.05, 4.69) is 10.1 Å². The van der Waals surface area contributed by atoms with Gasteiger partial charge in [0.15, 0.2) is 9.84 Å². The number of anilines is 1. The largest absolute Gasteiger partial charge is 0.401 e. The lowest BCUT2D eigenvalue weighted by Crippen LogP contribution is -2.45. The average molecular weight is 616 g/mol. The molecular formula is C26H26ClF4N5O4S. The van der Waals surface area contributed by atoms with E-state index in [-0.39, 0.29) is 42.6 Å². The second kappa shape index (κ2) is 10.6. The Hall–Kier alpha value is -3.07. The van der Waals surface area contributed by atoms with Crippen LogP contribution in [0.15, 0.2) is 45.8 Å². The van der Waals surface area contributed by atoms with Crippen LogP contribution in [0, 0.1) is 5.82 Å². The van der Waals surface area contributed by atoms with Gasteiger partial charge in [-0.2, -0.15) is 18.2 Å². The van der Waals surface area contributed by atoms with E-state index >= 15 is 4.39 Å². The first kappa shape index (κ1) is 29.4. The van der Waals surface area contributed by atoms with Gasteiger partial charge in [0.1, 0.15) is 5.82 Å². The van der Waals surface area contributed by atoms with Crippen LogP contribution >= 0.6 is 11.6 Å². The molecule has 0 saturated carbocycles. The van der Waals surface area contributed by atoms with Gasteiger partial charge in [-0.05, 0) is 55.8 Å². The zero-order valence-electron chi connectivity index (χ0n) is 21.8. The number of carbonyl (C=O) groups is 1. The SMILES string of the molecule is CC1(c2nc(-c3cc4c(cc3F)S(=O)(=O)C[C@H](N)C(=O)N4Cc3ccc(Cl)cc3)no2)CCN(CC(F)(F)F)CC1. The quantitative estimate of drug-likeness (QED) is 0.426. The lowest BCUT2D eigenvalue weighted by Gasteiger charge is -2.37. The monoisotopic (exact) mass is 615 g/mol. The van der Waals surface area contributed by atoms with Crippen molar-refractivity contribution in [2.24, 2.45) is 5.73 Å². The number of hydrogen-bond donors (Lipinski definition) is 1. The zero-order valence-corrected chi connectivity index (χ0v) is 23.4. The van der Waals surface area contributed by atoms with Crippen molar-refractivity contribution >= 4 is 33.0 Å². The van der Waals surface area contributed by atoms with Gasteiger partial charge >= 0.3 is 6.18 Å². The number of nitrogens with zero attached hydrogens (tertiary/aromatic N) is 4. The maximum Gasteiger partial charge on any atom is 0.401 e. The lowest BCUT2D eigenvalue weighted by atomic mass is 9.80. The van der Waals surface area contributed by atoms with Crippen LogP contribution in [0.1, 0.15) is 31.2 Å². The number of rotatable bonds is 5. The standard InChI is InChI=1S/C26H26ClF4N5O4S/c1-25(6-8-35(9-7-25)14-26(29,30)31)24-33-22(34-40-24)17-10-20-21(11-18(17)28)41(38,39)13-19(32)23(37)36(20)12-15-2-4-16(27)5-3-15/h2-5,10-11,19H,6-9,12-14,32H2,1H3/t19-/m0/s1. The summed E-state index contributed by atoms with van der Waals surface area (Å²) in [5.41, 5.74) is 5.52. The van der Waals surface area contributed by atoms with Crippen LogP contribution in [0.5, 0.6) is 0 Å². The third kappa shape index (κ3) is 6.10. The minimum Gasteiger partial charge on any atom is -0.338 e. The summed E-state index contributed by atoms with van der Waals surface area (Å²) in [5.74, 6) is -2.41. The molecular weight excluding hydrogens is 590 g/mol. The van der Waals surface area contributed by atoms with E-state index in [1.165, 1.54) is 15.9 Å². The molecule has 0 bridgehead atoms. The number of halogens is 5. The van der Waals surface area contributed by atoms with Crippen LogP contribution in [0.4, 0.5) is 23.2 Å². The Balaban J connectivity index is 1.50.